The van der Waals surface area contributed by atoms with E-state index in [1.807, 2.05) is 0 Å². The molecule has 0 radical (unpaired) electrons. The number of carbonyl (C=O) groups is 1. The van der Waals surface area contributed by atoms with E-state index in [-0.39, 0.29) is 0 Å². The van der Waals surface area contributed by atoms with Gasteiger partial charge in [0, 0.05) is 44.4 Å². The molecule has 170 valence electrons. The molecule has 2 N–H and O–H groups in total. The maximum absolute atomic E-state index is 14.2. The van der Waals surface area contributed by atoms with E-state index < -0.39 is 18.0 Å². The summed E-state index contributed by atoms with van der Waals surface area (Å²) in [6.07, 6.45) is 10.9. The largest absolute Gasteiger partial charge is 0.365 e. The standard InChI is InChI=1S/C22H30ClFN4O3/c23-18-11-15(12-19(24)22(29)27-31-20-7-3-4-10-30-20)13-25-21(18)26-16-8-9-28(14-16)17-5-1-2-6-17/h11-13,16-17,20H,1-10,14H2,(H,25,26)(H,27,29)/b19-12-/t16-,20?/m1/s1. The summed E-state index contributed by atoms with van der Waals surface area (Å²) in [5.41, 5.74) is 2.50. The molecule has 2 atom stereocenters. The Bertz CT molecular complexity index is 797. The van der Waals surface area contributed by atoms with Gasteiger partial charge >= 0.3 is 5.91 Å². The molecule has 7 nitrogen and oxygen atoms in total. The van der Waals surface area contributed by atoms with Crippen molar-refractivity contribution < 1.29 is 18.8 Å². The van der Waals surface area contributed by atoms with Crippen LogP contribution in [0.3, 0.4) is 0 Å². The molecule has 31 heavy (non-hydrogen) atoms. The van der Waals surface area contributed by atoms with Gasteiger partial charge < -0.3 is 10.1 Å². The number of likely N-dealkylation sites (tertiary alicyclic amines) is 1. The molecule has 0 spiro atoms. The molecule has 4 rings (SSSR count). The van der Waals surface area contributed by atoms with E-state index >= 15 is 0 Å². The molecule has 1 aliphatic carbocycles. The summed E-state index contributed by atoms with van der Waals surface area (Å²) in [4.78, 5) is 23.9. The fraction of sp³-hybridized carbons (Fsp3) is 0.636. The number of pyridine rings is 1. The van der Waals surface area contributed by atoms with Crippen molar-refractivity contribution in [3.8, 4) is 0 Å². The number of rotatable bonds is 7. The highest BCUT2D eigenvalue weighted by Crippen LogP contribution is 2.29. The first-order valence-corrected chi connectivity index (χ1v) is 11.6. The van der Waals surface area contributed by atoms with Crippen LogP contribution in [-0.4, -0.2) is 53.9 Å². The molecule has 0 bridgehead atoms. The lowest BCUT2D eigenvalue weighted by Crippen LogP contribution is -2.33. The van der Waals surface area contributed by atoms with Crippen LogP contribution in [0, 0.1) is 0 Å². The van der Waals surface area contributed by atoms with Gasteiger partial charge in [0.2, 0.25) is 0 Å². The van der Waals surface area contributed by atoms with Gasteiger partial charge in [-0.25, -0.2) is 19.7 Å². The van der Waals surface area contributed by atoms with Gasteiger partial charge in [-0.3, -0.25) is 9.69 Å². The van der Waals surface area contributed by atoms with E-state index in [1.54, 1.807) is 6.07 Å². The minimum atomic E-state index is -0.989. The molecule has 1 aromatic rings. The molecule has 2 saturated heterocycles. The zero-order chi connectivity index (χ0) is 21.6. The Morgan fingerprint density at radius 2 is 2.06 bits per heavy atom. The monoisotopic (exact) mass is 452 g/mol. The van der Waals surface area contributed by atoms with Crippen LogP contribution in [0.15, 0.2) is 18.1 Å². The second-order valence-corrected chi connectivity index (χ2v) is 8.91. The van der Waals surface area contributed by atoms with Crippen LogP contribution in [-0.2, 0) is 14.4 Å². The molecule has 3 aliphatic rings. The first-order chi connectivity index (χ1) is 15.1. The average molecular weight is 453 g/mol. The highest BCUT2D eigenvalue weighted by Gasteiger charge is 2.30. The Labute approximate surface area is 187 Å². The molecule has 3 fully saturated rings. The first kappa shape index (κ1) is 22.5. The minimum absolute atomic E-state index is 0.300. The second-order valence-electron chi connectivity index (χ2n) is 8.50. The van der Waals surface area contributed by atoms with E-state index in [0.29, 0.717) is 41.5 Å². The van der Waals surface area contributed by atoms with Crippen LogP contribution in [0.4, 0.5) is 10.2 Å². The Hall–Kier alpha value is -1.74. The summed E-state index contributed by atoms with van der Waals surface area (Å²) in [6, 6.07) is 2.61. The van der Waals surface area contributed by atoms with Gasteiger partial charge in [-0.05, 0) is 49.8 Å². The predicted octanol–water partition coefficient (Wildman–Crippen LogP) is 4.05. The molecule has 3 heterocycles. The van der Waals surface area contributed by atoms with E-state index in [2.05, 4.69) is 20.7 Å². The zero-order valence-electron chi connectivity index (χ0n) is 17.6. The molecular weight excluding hydrogens is 423 g/mol. The van der Waals surface area contributed by atoms with Crippen molar-refractivity contribution >= 4 is 29.4 Å². The number of halogens is 2. The third kappa shape index (κ3) is 6.16. The number of aromatic nitrogens is 1. The molecule has 1 amide bonds. The maximum Gasteiger partial charge on any atom is 0.303 e. The molecule has 2 aliphatic heterocycles. The van der Waals surface area contributed by atoms with Crippen LogP contribution < -0.4 is 10.8 Å². The Kier molecular flexibility index (Phi) is 7.76. The van der Waals surface area contributed by atoms with Crippen molar-refractivity contribution in [2.75, 3.05) is 25.0 Å². The van der Waals surface area contributed by atoms with Crippen molar-refractivity contribution in [3.63, 3.8) is 0 Å². The van der Waals surface area contributed by atoms with E-state index in [1.165, 1.54) is 31.9 Å². The Balaban J connectivity index is 1.28. The number of hydrogen-bond acceptors (Lipinski definition) is 6. The smallest absolute Gasteiger partial charge is 0.303 e. The van der Waals surface area contributed by atoms with Gasteiger partial charge in [0.05, 0.1) is 5.02 Å². The Morgan fingerprint density at radius 1 is 1.26 bits per heavy atom. The lowest BCUT2D eigenvalue weighted by atomic mass is 10.2. The molecule has 1 unspecified atom stereocenters. The van der Waals surface area contributed by atoms with Crippen molar-refractivity contribution in [1.29, 1.82) is 0 Å². The van der Waals surface area contributed by atoms with E-state index in [0.717, 1.165) is 38.4 Å². The fourth-order valence-corrected chi connectivity index (χ4v) is 4.75. The summed E-state index contributed by atoms with van der Waals surface area (Å²) in [5, 5.41) is 3.81. The lowest BCUT2D eigenvalue weighted by Gasteiger charge is -2.23. The number of carbonyl (C=O) groups excluding carboxylic acids is 1. The molecule has 1 saturated carbocycles. The van der Waals surface area contributed by atoms with Crippen LogP contribution in [0.5, 0.6) is 0 Å². The third-order valence-corrected chi connectivity index (χ3v) is 6.48. The van der Waals surface area contributed by atoms with Gasteiger partial charge in [0.15, 0.2) is 12.1 Å². The van der Waals surface area contributed by atoms with Gasteiger partial charge in [0.1, 0.15) is 5.82 Å². The molecule has 1 aromatic heterocycles. The van der Waals surface area contributed by atoms with E-state index in [9.17, 15) is 9.18 Å². The lowest BCUT2D eigenvalue weighted by molar-refractivity contribution is -0.199. The Morgan fingerprint density at radius 3 is 2.81 bits per heavy atom. The number of hydrogen-bond donors (Lipinski definition) is 2. The number of amides is 1. The van der Waals surface area contributed by atoms with Crippen LogP contribution in [0.2, 0.25) is 5.02 Å². The topological polar surface area (TPSA) is 75.7 Å². The van der Waals surface area contributed by atoms with Gasteiger partial charge in [-0.15, -0.1) is 0 Å². The summed E-state index contributed by atoms with van der Waals surface area (Å²) in [5.74, 6) is -1.37. The highest BCUT2D eigenvalue weighted by molar-refractivity contribution is 6.33. The van der Waals surface area contributed by atoms with Gasteiger partial charge in [-0.1, -0.05) is 24.4 Å². The summed E-state index contributed by atoms with van der Waals surface area (Å²) in [7, 11) is 0. The van der Waals surface area contributed by atoms with Crippen molar-refractivity contribution in [2.24, 2.45) is 0 Å². The van der Waals surface area contributed by atoms with Crippen LogP contribution in [0.1, 0.15) is 56.9 Å². The first-order valence-electron chi connectivity index (χ1n) is 11.2. The number of nitrogens with one attached hydrogen (secondary N) is 2. The zero-order valence-corrected chi connectivity index (χ0v) is 18.4. The van der Waals surface area contributed by atoms with Crippen molar-refractivity contribution in [1.82, 2.24) is 15.4 Å². The normalized spacial score (nSPS) is 25.7. The van der Waals surface area contributed by atoms with Crippen molar-refractivity contribution in [3.05, 3.63) is 28.7 Å². The molecular formula is C22H30ClFN4O3. The number of nitrogens with zero attached hydrogens (tertiary/aromatic N) is 2. The highest BCUT2D eigenvalue weighted by atomic mass is 35.5. The predicted molar refractivity (Wildman–Crippen MR) is 117 cm³/mol. The average Bonchev–Trinajstić information content (AvgIpc) is 3.46. The summed E-state index contributed by atoms with van der Waals surface area (Å²) < 4.78 is 19.6. The van der Waals surface area contributed by atoms with Gasteiger partial charge in [0.25, 0.3) is 0 Å². The quantitative estimate of drug-likeness (QED) is 0.480. The van der Waals surface area contributed by atoms with E-state index in [4.69, 9.17) is 21.2 Å². The summed E-state index contributed by atoms with van der Waals surface area (Å²) in [6.45, 7) is 2.65. The van der Waals surface area contributed by atoms with Crippen LogP contribution >= 0.6 is 11.6 Å². The number of ether oxygens (including phenoxy) is 1. The summed E-state index contributed by atoms with van der Waals surface area (Å²) >= 11 is 6.36. The van der Waals surface area contributed by atoms with Crippen LogP contribution in [0.25, 0.3) is 6.08 Å². The molecule has 9 heteroatoms. The minimum Gasteiger partial charge on any atom is -0.365 e. The fourth-order valence-electron chi connectivity index (χ4n) is 4.52. The SMILES string of the molecule is O=C(NOC1CCCCO1)/C(F)=C/c1cnc(N[C@@H]2CCN(C3CCCC3)C2)c(Cl)c1. The maximum atomic E-state index is 14.2. The van der Waals surface area contributed by atoms with Crippen molar-refractivity contribution in [2.45, 2.75) is 69.7 Å². The number of anilines is 1. The second kappa shape index (κ2) is 10.7. The number of hydroxylamine groups is 1. The molecule has 0 aromatic carbocycles. The van der Waals surface area contributed by atoms with Gasteiger partial charge in [-0.2, -0.15) is 0 Å². The third-order valence-electron chi connectivity index (χ3n) is 6.20.